The standard InChI is InChI=1S/C23H41N3O6/c24-22(31)19(14-27)26-23(32)18(11-13-21(29)30)25-20(28)12-8-15-6-9-17(10-7-15)16-4-2-1-3-5-16/h4,6,17-20,22-23,25-28,31-32H,1-3,5,7-14,24H2,(H,29,30)/t17?,18?,19-,20+,22?,23?/m0/s1. The number of aliphatic hydroxyl groups excluding tert-OH is 4. The summed E-state index contributed by atoms with van der Waals surface area (Å²) in [6.07, 6.45) is 10.3. The average Bonchev–Trinajstić information content (AvgIpc) is 2.79. The largest absolute Gasteiger partial charge is 0.481 e. The van der Waals surface area contributed by atoms with E-state index in [0.717, 1.165) is 25.7 Å². The molecule has 4 unspecified atom stereocenters. The van der Waals surface area contributed by atoms with Crippen LogP contribution in [0.25, 0.3) is 0 Å². The summed E-state index contributed by atoms with van der Waals surface area (Å²) >= 11 is 0. The lowest BCUT2D eigenvalue weighted by molar-refractivity contribution is -0.137. The fourth-order valence-corrected chi connectivity index (χ4v) is 4.54. The van der Waals surface area contributed by atoms with Crippen LogP contribution in [0, 0.1) is 5.92 Å². The zero-order valence-corrected chi connectivity index (χ0v) is 18.8. The van der Waals surface area contributed by atoms with Gasteiger partial charge in [-0.2, -0.15) is 0 Å². The van der Waals surface area contributed by atoms with Crippen LogP contribution in [0.5, 0.6) is 0 Å². The Morgan fingerprint density at radius 3 is 2.44 bits per heavy atom. The number of hydrogen-bond acceptors (Lipinski definition) is 8. The van der Waals surface area contributed by atoms with E-state index in [1.807, 2.05) is 0 Å². The van der Waals surface area contributed by atoms with E-state index in [0.29, 0.717) is 12.3 Å². The number of nitrogens with one attached hydrogen (secondary N) is 2. The minimum atomic E-state index is -1.40. The maximum absolute atomic E-state index is 11.0. The first-order valence-corrected chi connectivity index (χ1v) is 11.8. The van der Waals surface area contributed by atoms with Crippen LogP contribution < -0.4 is 16.4 Å². The zero-order valence-electron chi connectivity index (χ0n) is 18.8. The molecule has 0 radical (unpaired) electrons. The summed E-state index contributed by atoms with van der Waals surface area (Å²) in [7, 11) is 0. The first-order chi connectivity index (χ1) is 15.3. The van der Waals surface area contributed by atoms with Crippen LogP contribution in [0.15, 0.2) is 23.3 Å². The maximum atomic E-state index is 11.0. The molecule has 0 bridgehead atoms. The first-order valence-electron chi connectivity index (χ1n) is 11.8. The normalized spacial score (nSPS) is 24.1. The van der Waals surface area contributed by atoms with Gasteiger partial charge in [-0.05, 0) is 70.1 Å². The third kappa shape index (κ3) is 9.27. The van der Waals surface area contributed by atoms with Gasteiger partial charge in [0.25, 0.3) is 0 Å². The Balaban J connectivity index is 1.83. The summed E-state index contributed by atoms with van der Waals surface area (Å²) in [4.78, 5) is 11.0. The second kappa shape index (κ2) is 14.0. The van der Waals surface area contributed by atoms with Crippen LogP contribution in [-0.2, 0) is 4.79 Å². The van der Waals surface area contributed by atoms with Gasteiger partial charge in [0.2, 0.25) is 0 Å². The smallest absolute Gasteiger partial charge is 0.303 e. The summed E-state index contributed by atoms with van der Waals surface area (Å²) in [5.74, 6) is -0.368. The van der Waals surface area contributed by atoms with Crippen LogP contribution in [-0.4, -0.2) is 68.9 Å². The van der Waals surface area contributed by atoms with E-state index in [1.54, 1.807) is 5.57 Å². The lowest BCUT2D eigenvalue weighted by Crippen LogP contribution is -2.58. The van der Waals surface area contributed by atoms with Gasteiger partial charge in [0, 0.05) is 12.5 Å². The monoisotopic (exact) mass is 455 g/mol. The van der Waals surface area contributed by atoms with Crippen molar-refractivity contribution < 1.29 is 30.3 Å². The zero-order chi connectivity index (χ0) is 23.5. The molecule has 0 aromatic rings. The van der Waals surface area contributed by atoms with Gasteiger partial charge in [0.1, 0.15) is 18.7 Å². The van der Waals surface area contributed by atoms with E-state index in [9.17, 15) is 25.2 Å². The summed E-state index contributed by atoms with van der Waals surface area (Å²) in [6, 6.07) is -1.77. The van der Waals surface area contributed by atoms with Gasteiger partial charge in [-0.3, -0.25) is 15.4 Å². The summed E-state index contributed by atoms with van der Waals surface area (Å²) in [5.41, 5.74) is 8.29. The molecule has 0 spiro atoms. The van der Waals surface area contributed by atoms with Crippen molar-refractivity contribution in [1.29, 1.82) is 0 Å². The van der Waals surface area contributed by atoms with Crippen molar-refractivity contribution in [3.8, 4) is 0 Å². The van der Waals surface area contributed by atoms with E-state index in [2.05, 4.69) is 22.8 Å². The van der Waals surface area contributed by atoms with Crippen LogP contribution in [0.2, 0.25) is 0 Å². The van der Waals surface area contributed by atoms with E-state index in [-0.39, 0.29) is 12.8 Å². The van der Waals surface area contributed by atoms with Crippen molar-refractivity contribution in [2.75, 3.05) is 6.61 Å². The van der Waals surface area contributed by atoms with Crippen molar-refractivity contribution in [3.63, 3.8) is 0 Å². The Morgan fingerprint density at radius 1 is 1.09 bits per heavy atom. The van der Waals surface area contributed by atoms with Gasteiger partial charge in [-0.1, -0.05) is 23.3 Å². The quantitative estimate of drug-likeness (QED) is 0.139. The third-order valence-corrected chi connectivity index (χ3v) is 6.54. The van der Waals surface area contributed by atoms with Crippen molar-refractivity contribution in [3.05, 3.63) is 23.3 Å². The number of aliphatic hydroxyl groups is 4. The van der Waals surface area contributed by atoms with Gasteiger partial charge in [0.15, 0.2) is 0 Å². The molecule has 0 aromatic heterocycles. The second-order valence-corrected chi connectivity index (χ2v) is 9.01. The molecular weight excluding hydrogens is 414 g/mol. The molecule has 0 heterocycles. The van der Waals surface area contributed by atoms with Gasteiger partial charge >= 0.3 is 5.97 Å². The predicted molar refractivity (Wildman–Crippen MR) is 121 cm³/mol. The van der Waals surface area contributed by atoms with Crippen molar-refractivity contribution in [2.45, 2.75) is 101 Å². The Labute approximate surface area is 190 Å². The molecule has 32 heavy (non-hydrogen) atoms. The number of aliphatic carboxylic acids is 1. The topological polar surface area (TPSA) is 168 Å². The Kier molecular flexibility index (Phi) is 11.8. The maximum Gasteiger partial charge on any atom is 0.303 e. The fourth-order valence-electron chi connectivity index (χ4n) is 4.54. The van der Waals surface area contributed by atoms with Crippen molar-refractivity contribution in [2.24, 2.45) is 11.7 Å². The molecule has 2 aliphatic carbocycles. The average molecular weight is 456 g/mol. The Hall–Kier alpha value is -1.33. The number of allylic oxidation sites excluding steroid dienone is 4. The molecule has 0 amide bonds. The van der Waals surface area contributed by atoms with Crippen LogP contribution in [0.3, 0.4) is 0 Å². The molecule has 0 aromatic carbocycles. The highest BCUT2D eigenvalue weighted by molar-refractivity contribution is 5.66. The van der Waals surface area contributed by atoms with E-state index < -0.39 is 43.3 Å². The number of nitrogens with two attached hydrogens (primary N) is 1. The van der Waals surface area contributed by atoms with E-state index >= 15 is 0 Å². The number of carboxylic acid groups (broad SMARTS) is 1. The van der Waals surface area contributed by atoms with E-state index in [4.69, 9.17) is 10.8 Å². The molecule has 184 valence electrons. The van der Waals surface area contributed by atoms with Crippen LogP contribution >= 0.6 is 0 Å². The lowest BCUT2D eigenvalue weighted by atomic mass is 9.79. The molecule has 0 fully saturated rings. The van der Waals surface area contributed by atoms with Gasteiger partial charge in [0.05, 0.1) is 12.6 Å². The molecule has 9 heteroatoms. The SMILES string of the molecule is NC(O)[C@H](CO)NC(O)C(CCC(=O)O)N[C@H](O)CCC1=CCC(C2=CCCCC2)CC1. The van der Waals surface area contributed by atoms with E-state index in [1.165, 1.54) is 31.3 Å². The molecule has 2 rings (SSSR count). The van der Waals surface area contributed by atoms with Crippen molar-refractivity contribution in [1.82, 2.24) is 10.6 Å². The van der Waals surface area contributed by atoms with Gasteiger partial charge in [-0.25, -0.2) is 0 Å². The second-order valence-electron chi connectivity index (χ2n) is 9.01. The molecule has 9 N–H and O–H groups in total. The molecule has 0 aliphatic heterocycles. The van der Waals surface area contributed by atoms with Crippen molar-refractivity contribution >= 4 is 5.97 Å². The summed E-state index contributed by atoms with van der Waals surface area (Å²) < 4.78 is 0. The highest BCUT2D eigenvalue weighted by atomic mass is 16.4. The number of carbonyl (C=O) groups is 1. The number of hydrogen-bond donors (Lipinski definition) is 8. The molecular formula is C23H41N3O6. The molecule has 9 nitrogen and oxygen atoms in total. The molecule has 6 atom stereocenters. The van der Waals surface area contributed by atoms with Crippen LogP contribution in [0.1, 0.15) is 70.6 Å². The minimum absolute atomic E-state index is 0.0544. The minimum Gasteiger partial charge on any atom is -0.481 e. The predicted octanol–water partition coefficient (Wildman–Crippen LogP) is 0.681. The lowest BCUT2D eigenvalue weighted by Gasteiger charge is -2.31. The van der Waals surface area contributed by atoms with Gasteiger partial charge < -0.3 is 31.3 Å². The molecule has 0 saturated carbocycles. The highest BCUT2D eigenvalue weighted by Gasteiger charge is 2.27. The van der Waals surface area contributed by atoms with Gasteiger partial charge in [-0.15, -0.1) is 0 Å². The fraction of sp³-hybridized carbons (Fsp3) is 0.783. The number of carboxylic acids is 1. The first kappa shape index (κ1) is 26.9. The molecule has 2 aliphatic rings. The highest BCUT2D eigenvalue weighted by Crippen LogP contribution is 2.35. The summed E-state index contributed by atoms with van der Waals surface area (Å²) in [6.45, 7) is -0.505. The summed E-state index contributed by atoms with van der Waals surface area (Å²) in [5, 5.41) is 54.0. The number of rotatable bonds is 14. The molecule has 0 saturated heterocycles. The Bertz CT molecular complexity index is 639. The van der Waals surface area contributed by atoms with Crippen LogP contribution in [0.4, 0.5) is 0 Å². The Morgan fingerprint density at radius 2 is 1.88 bits per heavy atom. The third-order valence-electron chi connectivity index (χ3n) is 6.54.